The van der Waals surface area contributed by atoms with Gasteiger partial charge in [-0.25, -0.2) is 0 Å². The summed E-state index contributed by atoms with van der Waals surface area (Å²) in [5.74, 6) is 0.901. The predicted molar refractivity (Wildman–Crippen MR) is 73.2 cm³/mol. The number of rotatable bonds is 6. The Hall–Kier alpha value is 0.270. The first-order valence-corrected chi connectivity index (χ1v) is 7.82. The highest BCUT2D eigenvalue weighted by Crippen LogP contribution is 2.26. The monoisotopic (exact) mass is 242 g/mol. The zero-order valence-electron chi connectivity index (χ0n) is 11.0. The zero-order valence-corrected chi connectivity index (χ0v) is 11.8. The van der Waals surface area contributed by atoms with E-state index in [9.17, 15) is 0 Å². The maximum atomic E-state index is 3.66. The van der Waals surface area contributed by atoms with Crippen LogP contribution < -0.4 is 5.32 Å². The highest BCUT2D eigenvalue weighted by Gasteiger charge is 2.29. The lowest BCUT2D eigenvalue weighted by atomic mass is 10.1. The Morgan fingerprint density at radius 1 is 1.31 bits per heavy atom. The van der Waals surface area contributed by atoms with Gasteiger partial charge < -0.3 is 10.2 Å². The summed E-state index contributed by atoms with van der Waals surface area (Å²) in [5.41, 5.74) is 0. The second-order valence-corrected chi connectivity index (χ2v) is 7.55. The van der Waals surface area contributed by atoms with Crippen LogP contribution >= 0.6 is 11.8 Å². The predicted octanol–water partition coefficient (Wildman–Crippen LogP) is 2.20. The van der Waals surface area contributed by atoms with Crippen LogP contribution in [-0.4, -0.2) is 48.1 Å². The SMILES string of the molecule is CSC(C)(C)CN1CCC(CNC2CC2)C1. The van der Waals surface area contributed by atoms with Crippen molar-refractivity contribution in [2.45, 2.75) is 43.9 Å². The van der Waals surface area contributed by atoms with E-state index in [0.717, 1.165) is 12.0 Å². The fourth-order valence-corrected chi connectivity index (χ4v) is 2.76. The van der Waals surface area contributed by atoms with Crippen LogP contribution in [0.4, 0.5) is 0 Å². The molecule has 0 aromatic carbocycles. The van der Waals surface area contributed by atoms with Crippen molar-refractivity contribution < 1.29 is 0 Å². The first-order chi connectivity index (χ1) is 7.59. The Labute approximate surface area is 105 Å². The fourth-order valence-electron chi connectivity index (χ4n) is 2.45. The largest absolute Gasteiger partial charge is 0.314 e. The van der Waals surface area contributed by atoms with Gasteiger partial charge in [0.25, 0.3) is 0 Å². The molecule has 1 saturated carbocycles. The minimum absolute atomic E-state index is 0.415. The molecule has 1 atom stereocenters. The summed E-state index contributed by atoms with van der Waals surface area (Å²) in [7, 11) is 0. The minimum Gasteiger partial charge on any atom is -0.314 e. The Kier molecular flexibility index (Phi) is 4.20. The summed E-state index contributed by atoms with van der Waals surface area (Å²) in [6.07, 6.45) is 6.44. The quantitative estimate of drug-likeness (QED) is 0.769. The normalized spacial score (nSPS) is 27.6. The molecule has 2 aliphatic rings. The van der Waals surface area contributed by atoms with Crippen molar-refractivity contribution in [3.63, 3.8) is 0 Å². The minimum atomic E-state index is 0.415. The third-order valence-corrected chi connectivity index (χ3v) is 5.03. The molecule has 0 aromatic heterocycles. The number of hydrogen-bond donors (Lipinski definition) is 1. The molecule has 0 bridgehead atoms. The van der Waals surface area contributed by atoms with Gasteiger partial charge in [-0.05, 0) is 58.4 Å². The Morgan fingerprint density at radius 3 is 2.69 bits per heavy atom. The summed E-state index contributed by atoms with van der Waals surface area (Å²) < 4.78 is 0.415. The molecule has 1 heterocycles. The van der Waals surface area contributed by atoms with E-state index in [4.69, 9.17) is 0 Å². The van der Waals surface area contributed by atoms with Crippen LogP contribution in [0.2, 0.25) is 0 Å². The average molecular weight is 242 g/mol. The first kappa shape index (κ1) is 12.7. The molecule has 2 fully saturated rings. The molecule has 16 heavy (non-hydrogen) atoms. The lowest BCUT2D eigenvalue weighted by Gasteiger charge is -2.28. The molecule has 0 amide bonds. The van der Waals surface area contributed by atoms with Crippen molar-refractivity contribution in [2.75, 3.05) is 32.4 Å². The third kappa shape index (κ3) is 3.94. The molecule has 94 valence electrons. The molecule has 1 unspecified atom stereocenters. The maximum absolute atomic E-state index is 3.66. The highest BCUT2D eigenvalue weighted by atomic mass is 32.2. The first-order valence-electron chi connectivity index (χ1n) is 6.60. The van der Waals surface area contributed by atoms with Crippen molar-refractivity contribution in [3.8, 4) is 0 Å². The van der Waals surface area contributed by atoms with Crippen LogP contribution in [0.3, 0.4) is 0 Å². The lowest BCUT2D eigenvalue weighted by Crippen LogP contribution is -2.36. The van der Waals surface area contributed by atoms with Crippen molar-refractivity contribution in [1.29, 1.82) is 0 Å². The molecule has 1 aliphatic carbocycles. The molecule has 0 radical (unpaired) electrons. The molecule has 3 heteroatoms. The van der Waals surface area contributed by atoms with Crippen LogP contribution in [0.1, 0.15) is 33.1 Å². The molecule has 2 nitrogen and oxygen atoms in total. The van der Waals surface area contributed by atoms with E-state index in [1.807, 2.05) is 11.8 Å². The zero-order chi connectivity index (χ0) is 11.6. The number of nitrogens with one attached hydrogen (secondary N) is 1. The van der Waals surface area contributed by atoms with Gasteiger partial charge in [-0.3, -0.25) is 0 Å². The van der Waals surface area contributed by atoms with Gasteiger partial charge in [0.2, 0.25) is 0 Å². The third-order valence-electron chi connectivity index (χ3n) is 3.80. The summed E-state index contributed by atoms with van der Waals surface area (Å²) in [6.45, 7) is 9.82. The van der Waals surface area contributed by atoms with E-state index in [1.54, 1.807) is 0 Å². The van der Waals surface area contributed by atoms with Gasteiger partial charge in [0, 0.05) is 23.9 Å². The van der Waals surface area contributed by atoms with E-state index in [-0.39, 0.29) is 0 Å². The Bertz CT molecular complexity index is 226. The van der Waals surface area contributed by atoms with Crippen LogP contribution in [0, 0.1) is 5.92 Å². The summed E-state index contributed by atoms with van der Waals surface area (Å²) in [6, 6.07) is 0.872. The van der Waals surface area contributed by atoms with Crippen molar-refractivity contribution in [2.24, 2.45) is 5.92 Å². The molecular weight excluding hydrogens is 216 g/mol. The number of nitrogens with zero attached hydrogens (tertiary/aromatic N) is 1. The Morgan fingerprint density at radius 2 is 2.06 bits per heavy atom. The van der Waals surface area contributed by atoms with Crippen LogP contribution in [0.25, 0.3) is 0 Å². The van der Waals surface area contributed by atoms with Gasteiger partial charge in [-0.2, -0.15) is 11.8 Å². The lowest BCUT2D eigenvalue weighted by molar-refractivity contribution is 0.299. The smallest absolute Gasteiger partial charge is 0.0227 e. The molecule has 1 aliphatic heterocycles. The van der Waals surface area contributed by atoms with Crippen LogP contribution in [-0.2, 0) is 0 Å². The molecule has 0 spiro atoms. The number of thioether (sulfide) groups is 1. The van der Waals surface area contributed by atoms with E-state index >= 15 is 0 Å². The number of likely N-dealkylation sites (tertiary alicyclic amines) is 1. The number of hydrogen-bond acceptors (Lipinski definition) is 3. The fraction of sp³-hybridized carbons (Fsp3) is 1.00. The van der Waals surface area contributed by atoms with E-state index < -0.39 is 0 Å². The van der Waals surface area contributed by atoms with Crippen LogP contribution in [0.5, 0.6) is 0 Å². The molecule has 1 N–H and O–H groups in total. The van der Waals surface area contributed by atoms with Crippen molar-refractivity contribution in [1.82, 2.24) is 10.2 Å². The van der Waals surface area contributed by atoms with Gasteiger partial charge in [-0.1, -0.05) is 0 Å². The van der Waals surface area contributed by atoms with Crippen molar-refractivity contribution in [3.05, 3.63) is 0 Å². The van der Waals surface area contributed by atoms with Gasteiger partial charge in [0.1, 0.15) is 0 Å². The summed E-state index contributed by atoms with van der Waals surface area (Å²) >= 11 is 1.99. The van der Waals surface area contributed by atoms with Gasteiger partial charge >= 0.3 is 0 Å². The van der Waals surface area contributed by atoms with Gasteiger partial charge in [-0.15, -0.1) is 0 Å². The summed E-state index contributed by atoms with van der Waals surface area (Å²) in [4.78, 5) is 2.65. The van der Waals surface area contributed by atoms with Gasteiger partial charge in [0.05, 0.1) is 0 Å². The van der Waals surface area contributed by atoms with E-state index in [0.29, 0.717) is 4.75 Å². The van der Waals surface area contributed by atoms with E-state index in [1.165, 1.54) is 45.4 Å². The molecule has 1 saturated heterocycles. The second-order valence-electron chi connectivity index (χ2n) is 6.04. The highest BCUT2D eigenvalue weighted by molar-refractivity contribution is 7.99. The average Bonchev–Trinajstić information content (AvgIpc) is 2.97. The van der Waals surface area contributed by atoms with Crippen LogP contribution in [0.15, 0.2) is 0 Å². The maximum Gasteiger partial charge on any atom is 0.0227 e. The Balaban J connectivity index is 1.66. The molecule has 2 rings (SSSR count). The molecular formula is C13H26N2S. The standard InChI is InChI=1S/C13H26N2S/c1-13(2,16-3)10-15-7-6-11(9-15)8-14-12-4-5-12/h11-12,14H,4-10H2,1-3H3. The topological polar surface area (TPSA) is 15.3 Å². The van der Waals surface area contributed by atoms with Gasteiger partial charge in [0.15, 0.2) is 0 Å². The molecule has 0 aromatic rings. The van der Waals surface area contributed by atoms with E-state index in [2.05, 4.69) is 30.3 Å². The summed E-state index contributed by atoms with van der Waals surface area (Å²) in [5, 5.41) is 3.66. The van der Waals surface area contributed by atoms with Crippen molar-refractivity contribution >= 4 is 11.8 Å². The second kappa shape index (κ2) is 5.28.